The molecule has 2 aliphatic heterocycles. The van der Waals surface area contributed by atoms with Crippen LogP contribution >= 0.6 is 12.4 Å². The van der Waals surface area contributed by atoms with Crippen LogP contribution in [0.1, 0.15) is 30.7 Å². The van der Waals surface area contributed by atoms with E-state index in [4.69, 9.17) is 9.47 Å². The summed E-state index contributed by atoms with van der Waals surface area (Å²) in [5, 5.41) is 6.61. The van der Waals surface area contributed by atoms with E-state index in [0.29, 0.717) is 19.8 Å². The number of carbonyl (C=O) groups excluding carboxylic acids is 1. The molecule has 0 spiro atoms. The molecule has 1 amide bonds. The van der Waals surface area contributed by atoms with E-state index in [1.165, 1.54) is 0 Å². The summed E-state index contributed by atoms with van der Waals surface area (Å²) >= 11 is 0. The Balaban J connectivity index is 0.00000192. The first-order valence-electron chi connectivity index (χ1n) is 7.97. The van der Waals surface area contributed by atoms with Gasteiger partial charge in [-0.3, -0.25) is 4.79 Å². The molecule has 1 aromatic rings. The molecule has 1 fully saturated rings. The van der Waals surface area contributed by atoms with E-state index in [-0.39, 0.29) is 29.8 Å². The predicted octanol–water partition coefficient (Wildman–Crippen LogP) is 1.86. The molecule has 0 aliphatic carbocycles. The van der Waals surface area contributed by atoms with Gasteiger partial charge in [0.25, 0.3) is 0 Å². The highest BCUT2D eigenvalue weighted by Crippen LogP contribution is 2.33. The minimum atomic E-state index is -0.119. The summed E-state index contributed by atoms with van der Waals surface area (Å²) in [4.78, 5) is 12.6. The normalized spacial score (nSPS) is 25.9. The van der Waals surface area contributed by atoms with Crippen molar-refractivity contribution in [3.05, 3.63) is 29.8 Å². The zero-order chi connectivity index (χ0) is 15.4. The van der Waals surface area contributed by atoms with Crippen LogP contribution in [-0.2, 0) is 9.53 Å². The Morgan fingerprint density at radius 3 is 3.04 bits per heavy atom. The number of benzene rings is 1. The number of halogens is 1. The molecule has 0 saturated carbocycles. The minimum Gasteiger partial charge on any atom is -0.493 e. The van der Waals surface area contributed by atoms with Crippen LogP contribution in [0.2, 0.25) is 0 Å². The van der Waals surface area contributed by atoms with Gasteiger partial charge in [-0.05, 0) is 31.9 Å². The third kappa shape index (κ3) is 3.97. The fourth-order valence-corrected chi connectivity index (χ4v) is 3.46. The SMILES string of the molecule is COCC1(CNC(=O)C2CCOc3ccccc32)CCCN1.Cl. The molecule has 2 aliphatic rings. The molecule has 23 heavy (non-hydrogen) atoms. The number of carbonyl (C=O) groups is 1. The second-order valence-electron chi connectivity index (χ2n) is 6.19. The highest BCUT2D eigenvalue weighted by Gasteiger charge is 2.35. The molecular formula is C17H25ClN2O3. The van der Waals surface area contributed by atoms with Crippen LogP contribution in [0, 0.1) is 0 Å². The van der Waals surface area contributed by atoms with Gasteiger partial charge in [-0.15, -0.1) is 12.4 Å². The van der Waals surface area contributed by atoms with Crippen molar-refractivity contribution >= 4 is 18.3 Å². The van der Waals surface area contributed by atoms with Crippen LogP contribution in [0.25, 0.3) is 0 Å². The maximum Gasteiger partial charge on any atom is 0.227 e. The van der Waals surface area contributed by atoms with Gasteiger partial charge in [-0.2, -0.15) is 0 Å². The summed E-state index contributed by atoms with van der Waals surface area (Å²) in [6.07, 6.45) is 2.89. The number of amides is 1. The van der Waals surface area contributed by atoms with Gasteiger partial charge in [0.2, 0.25) is 5.91 Å². The molecule has 2 unspecified atom stereocenters. The van der Waals surface area contributed by atoms with Crippen LogP contribution in [0.3, 0.4) is 0 Å². The summed E-state index contributed by atoms with van der Waals surface area (Å²) in [6, 6.07) is 7.81. The Morgan fingerprint density at radius 1 is 1.48 bits per heavy atom. The quantitative estimate of drug-likeness (QED) is 0.859. The fraction of sp³-hybridized carbons (Fsp3) is 0.588. The van der Waals surface area contributed by atoms with Crippen LogP contribution in [-0.4, -0.2) is 44.9 Å². The summed E-state index contributed by atoms with van der Waals surface area (Å²) in [7, 11) is 1.71. The Morgan fingerprint density at radius 2 is 2.30 bits per heavy atom. The molecule has 6 heteroatoms. The van der Waals surface area contributed by atoms with E-state index in [9.17, 15) is 4.79 Å². The van der Waals surface area contributed by atoms with E-state index in [2.05, 4.69) is 10.6 Å². The van der Waals surface area contributed by atoms with E-state index in [0.717, 1.165) is 37.1 Å². The number of methoxy groups -OCH3 is 1. The first kappa shape index (κ1) is 18.0. The highest BCUT2D eigenvalue weighted by molar-refractivity contribution is 5.85. The number of para-hydroxylation sites is 1. The number of hydrogen-bond acceptors (Lipinski definition) is 4. The van der Waals surface area contributed by atoms with Gasteiger partial charge in [-0.25, -0.2) is 0 Å². The number of hydrogen-bond donors (Lipinski definition) is 2. The minimum absolute atomic E-state index is 0. The van der Waals surface area contributed by atoms with Gasteiger partial charge in [-0.1, -0.05) is 18.2 Å². The van der Waals surface area contributed by atoms with Crippen LogP contribution in [0.4, 0.5) is 0 Å². The largest absolute Gasteiger partial charge is 0.493 e. The second kappa shape index (κ2) is 7.99. The summed E-state index contributed by atoms with van der Waals surface area (Å²) in [5.74, 6) is 0.797. The van der Waals surface area contributed by atoms with Crippen molar-refractivity contribution in [1.29, 1.82) is 0 Å². The molecule has 3 rings (SSSR count). The van der Waals surface area contributed by atoms with Crippen LogP contribution in [0.5, 0.6) is 5.75 Å². The first-order valence-corrected chi connectivity index (χ1v) is 7.97. The Bertz CT molecular complexity index is 532. The van der Waals surface area contributed by atoms with Gasteiger partial charge in [0.15, 0.2) is 0 Å². The predicted molar refractivity (Wildman–Crippen MR) is 91.4 cm³/mol. The Hall–Kier alpha value is -1.30. The lowest BCUT2D eigenvalue weighted by Crippen LogP contribution is -2.53. The van der Waals surface area contributed by atoms with Crippen molar-refractivity contribution < 1.29 is 14.3 Å². The van der Waals surface area contributed by atoms with E-state index < -0.39 is 0 Å². The lowest BCUT2D eigenvalue weighted by atomic mass is 9.91. The first-order chi connectivity index (χ1) is 10.7. The number of fused-ring (bicyclic) bond motifs is 1. The standard InChI is InChI=1S/C17H24N2O3.ClH/c1-21-12-17(8-4-9-19-17)11-18-16(20)14-7-10-22-15-6-3-2-5-13(14)15;/h2-3,5-6,14,19H,4,7-12H2,1H3,(H,18,20);1H. The zero-order valence-electron chi connectivity index (χ0n) is 13.5. The van der Waals surface area contributed by atoms with Gasteiger partial charge < -0.3 is 20.1 Å². The molecule has 2 N–H and O–H groups in total. The van der Waals surface area contributed by atoms with Crippen LogP contribution in [0.15, 0.2) is 24.3 Å². The van der Waals surface area contributed by atoms with E-state index >= 15 is 0 Å². The molecule has 1 aromatic carbocycles. The lowest BCUT2D eigenvalue weighted by molar-refractivity contribution is -0.123. The summed E-state index contributed by atoms with van der Waals surface area (Å²) < 4.78 is 11.0. The lowest BCUT2D eigenvalue weighted by Gasteiger charge is -2.31. The van der Waals surface area contributed by atoms with Crippen LogP contribution < -0.4 is 15.4 Å². The van der Waals surface area contributed by atoms with Gasteiger partial charge >= 0.3 is 0 Å². The van der Waals surface area contributed by atoms with Crippen molar-refractivity contribution in [1.82, 2.24) is 10.6 Å². The average molecular weight is 341 g/mol. The number of ether oxygens (including phenoxy) is 2. The van der Waals surface area contributed by atoms with Crippen molar-refractivity contribution in [3.63, 3.8) is 0 Å². The average Bonchev–Trinajstić information content (AvgIpc) is 3.01. The topological polar surface area (TPSA) is 59.6 Å². The molecule has 0 radical (unpaired) electrons. The van der Waals surface area contributed by atoms with Crippen molar-refractivity contribution in [2.75, 3.05) is 33.4 Å². The number of rotatable bonds is 5. The summed E-state index contributed by atoms with van der Waals surface area (Å²) in [5.41, 5.74) is 0.876. The molecule has 2 heterocycles. The molecule has 0 bridgehead atoms. The zero-order valence-corrected chi connectivity index (χ0v) is 14.3. The second-order valence-corrected chi connectivity index (χ2v) is 6.19. The molecular weight excluding hydrogens is 316 g/mol. The monoisotopic (exact) mass is 340 g/mol. The third-order valence-electron chi connectivity index (χ3n) is 4.63. The van der Waals surface area contributed by atoms with E-state index in [1.807, 2.05) is 24.3 Å². The molecule has 0 aromatic heterocycles. The summed E-state index contributed by atoms with van der Waals surface area (Å²) in [6.45, 7) is 2.81. The number of nitrogens with one attached hydrogen (secondary N) is 2. The van der Waals surface area contributed by atoms with Gasteiger partial charge in [0, 0.05) is 19.2 Å². The Kier molecular flexibility index (Phi) is 6.27. The van der Waals surface area contributed by atoms with Crippen molar-refractivity contribution in [2.45, 2.75) is 30.7 Å². The fourth-order valence-electron chi connectivity index (χ4n) is 3.46. The smallest absolute Gasteiger partial charge is 0.227 e. The van der Waals surface area contributed by atoms with Gasteiger partial charge in [0.1, 0.15) is 5.75 Å². The molecule has 2 atom stereocenters. The molecule has 1 saturated heterocycles. The van der Waals surface area contributed by atoms with Crippen molar-refractivity contribution in [2.24, 2.45) is 0 Å². The highest BCUT2D eigenvalue weighted by atomic mass is 35.5. The maximum atomic E-state index is 12.6. The molecule has 128 valence electrons. The molecule has 5 nitrogen and oxygen atoms in total. The van der Waals surface area contributed by atoms with Crippen molar-refractivity contribution in [3.8, 4) is 5.75 Å². The van der Waals surface area contributed by atoms with Gasteiger partial charge in [0.05, 0.1) is 24.7 Å². The van der Waals surface area contributed by atoms with E-state index in [1.54, 1.807) is 7.11 Å². The third-order valence-corrected chi connectivity index (χ3v) is 4.63. The Labute approximate surface area is 143 Å². The maximum absolute atomic E-state index is 12.6.